The number of hydrogen-bond donors (Lipinski definition) is 1. The maximum Gasteiger partial charge on any atom is 0.288 e. The largest absolute Gasteiger partial charge is 0.380 e. The molecule has 10 heteroatoms. The lowest BCUT2D eigenvalue weighted by Crippen LogP contribution is -2.32. The summed E-state index contributed by atoms with van der Waals surface area (Å²) in [5.74, 6) is 0.920. The Morgan fingerprint density at radius 2 is 2.22 bits per heavy atom. The van der Waals surface area contributed by atoms with Crippen molar-refractivity contribution >= 4 is 21.2 Å². The van der Waals surface area contributed by atoms with Crippen molar-refractivity contribution in [3.63, 3.8) is 0 Å². The molecule has 1 atom stereocenters. The Kier molecular flexibility index (Phi) is 3.76. The van der Waals surface area contributed by atoms with E-state index in [1.54, 1.807) is 4.68 Å². The standard InChI is InChI=1S/C13H15N5O4S/c1-23(21,22)12-6-9(2-4-11(12)18(19)20)16-10-3-5-13-14-8-15-17(13)7-10/h2,4,6,8,10,16H,3,5,7H2,1H3. The Labute approximate surface area is 132 Å². The minimum absolute atomic E-state index is 0.0538. The highest BCUT2D eigenvalue weighted by Gasteiger charge is 2.24. The number of benzene rings is 1. The molecule has 0 fully saturated rings. The first-order valence-electron chi connectivity index (χ1n) is 6.96. The van der Waals surface area contributed by atoms with E-state index < -0.39 is 20.4 Å². The van der Waals surface area contributed by atoms with Crippen molar-refractivity contribution in [3.8, 4) is 0 Å². The van der Waals surface area contributed by atoms with E-state index in [0.29, 0.717) is 12.2 Å². The number of sulfone groups is 1. The van der Waals surface area contributed by atoms with Crippen LogP contribution in [0.1, 0.15) is 12.2 Å². The van der Waals surface area contributed by atoms with Crippen LogP contribution in [0.2, 0.25) is 0 Å². The number of aromatic nitrogens is 3. The molecule has 1 aromatic carbocycles. The van der Waals surface area contributed by atoms with E-state index in [2.05, 4.69) is 15.4 Å². The number of aryl methyl sites for hydroxylation is 1. The van der Waals surface area contributed by atoms with E-state index in [1.165, 1.54) is 24.5 Å². The van der Waals surface area contributed by atoms with Crippen molar-refractivity contribution in [1.29, 1.82) is 0 Å². The molecule has 9 nitrogen and oxygen atoms in total. The van der Waals surface area contributed by atoms with E-state index in [-0.39, 0.29) is 10.9 Å². The monoisotopic (exact) mass is 337 g/mol. The Hall–Kier alpha value is -2.49. The first-order chi connectivity index (χ1) is 10.8. The summed E-state index contributed by atoms with van der Waals surface area (Å²) >= 11 is 0. The van der Waals surface area contributed by atoms with Crippen LogP contribution in [0.3, 0.4) is 0 Å². The van der Waals surface area contributed by atoms with Crippen molar-refractivity contribution in [2.45, 2.75) is 30.3 Å². The van der Waals surface area contributed by atoms with E-state index >= 15 is 0 Å². The van der Waals surface area contributed by atoms with Gasteiger partial charge in [0.15, 0.2) is 9.84 Å². The number of nitrogens with one attached hydrogen (secondary N) is 1. The van der Waals surface area contributed by atoms with Crippen LogP contribution < -0.4 is 5.32 Å². The second kappa shape index (κ2) is 5.61. The highest BCUT2D eigenvalue weighted by molar-refractivity contribution is 7.90. The van der Waals surface area contributed by atoms with Gasteiger partial charge in [0, 0.05) is 30.5 Å². The lowest BCUT2D eigenvalue weighted by molar-refractivity contribution is -0.387. The third kappa shape index (κ3) is 3.16. The molecule has 0 aliphatic carbocycles. The number of nitro groups is 1. The SMILES string of the molecule is CS(=O)(=O)c1cc(NC2CCc3ncnn3C2)ccc1[N+](=O)[O-]. The molecule has 1 aromatic heterocycles. The number of nitrogens with zero attached hydrogens (tertiary/aromatic N) is 4. The second-order valence-electron chi connectivity index (χ2n) is 5.45. The quantitative estimate of drug-likeness (QED) is 0.653. The van der Waals surface area contributed by atoms with Gasteiger partial charge in [-0.25, -0.2) is 18.1 Å². The lowest BCUT2D eigenvalue weighted by atomic mass is 10.1. The zero-order chi connectivity index (χ0) is 16.6. The molecule has 0 radical (unpaired) electrons. The van der Waals surface area contributed by atoms with Crippen molar-refractivity contribution in [1.82, 2.24) is 14.8 Å². The van der Waals surface area contributed by atoms with Gasteiger partial charge in [0.25, 0.3) is 5.69 Å². The van der Waals surface area contributed by atoms with Gasteiger partial charge in [-0.2, -0.15) is 5.10 Å². The molecule has 1 aliphatic rings. The number of fused-ring (bicyclic) bond motifs is 1. The van der Waals surface area contributed by atoms with Gasteiger partial charge in [-0.1, -0.05) is 0 Å². The predicted molar refractivity (Wildman–Crippen MR) is 82.0 cm³/mol. The Morgan fingerprint density at radius 1 is 1.43 bits per heavy atom. The average Bonchev–Trinajstić information content (AvgIpc) is 2.93. The van der Waals surface area contributed by atoms with Gasteiger partial charge in [-0.3, -0.25) is 10.1 Å². The molecular weight excluding hydrogens is 322 g/mol. The van der Waals surface area contributed by atoms with E-state index in [4.69, 9.17) is 0 Å². The van der Waals surface area contributed by atoms with Crippen LogP contribution in [0, 0.1) is 10.1 Å². The lowest BCUT2D eigenvalue weighted by Gasteiger charge is -2.24. The minimum atomic E-state index is -3.69. The van der Waals surface area contributed by atoms with Crippen molar-refractivity contribution in [2.24, 2.45) is 0 Å². The fourth-order valence-electron chi connectivity index (χ4n) is 2.64. The molecule has 2 heterocycles. The van der Waals surface area contributed by atoms with Gasteiger partial charge in [-0.15, -0.1) is 0 Å². The van der Waals surface area contributed by atoms with E-state index in [0.717, 1.165) is 24.9 Å². The first kappa shape index (κ1) is 15.4. The number of hydrogen-bond acceptors (Lipinski definition) is 7. The van der Waals surface area contributed by atoms with Crippen LogP contribution in [0.4, 0.5) is 11.4 Å². The highest BCUT2D eigenvalue weighted by atomic mass is 32.2. The summed E-state index contributed by atoms with van der Waals surface area (Å²) in [7, 11) is -3.69. The predicted octanol–water partition coefficient (Wildman–Crippen LogP) is 1.02. The molecule has 122 valence electrons. The Morgan fingerprint density at radius 3 is 2.91 bits per heavy atom. The third-order valence-electron chi connectivity index (χ3n) is 3.73. The maximum absolute atomic E-state index is 11.8. The fraction of sp³-hybridized carbons (Fsp3) is 0.385. The normalized spacial score (nSPS) is 17.5. The number of nitro benzene ring substituents is 1. The third-order valence-corrected chi connectivity index (χ3v) is 4.86. The molecule has 0 bridgehead atoms. The first-order valence-corrected chi connectivity index (χ1v) is 8.85. The van der Waals surface area contributed by atoms with Crippen molar-refractivity contribution in [3.05, 3.63) is 40.5 Å². The minimum Gasteiger partial charge on any atom is -0.380 e. The van der Waals surface area contributed by atoms with E-state index in [9.17, 15) is 18.5 Å². The molecule has 0 amide bonds. The van der Waals surface area contributed by atoms with Crippen LogP contribution in [-0.4, -0.2) is 40.4 Å². The van der Waals surface area contributed by atoms with Gasteiger partial charge < -0.3 is 5.32 Å². The second-order valence-corrected chi connectivity index (χ2v) is 7.43. The summed E-state index contributed by atoms with van der Waals surface area (Å²) in [6.45, 7) is 0.612. The zero-order valence-corrected chi connectivity index (χ0v) is 13.2. The summed E-state index contributed by atoms with van der Waals surface area (Å²) in [5, 5.41) is 18.3. The van der Waals surface area contributed by atoms with Crippen LogP contribution in [0.5, 0.6) is 0 Å². The van der Waals surface area contributed by atoms with E-state index in [1.807, 2.05) is 0 Å². The summed E-state index contributed by atoms with van der Waals surface area (Å²) in [6, 6.07) is 4.09. The molecule has 0 saturated carbocycles. The summed E-state index contributed by atoms with van der Waals surface area (Å²) in [5.41, 5.74) is 0.116. The van der Waals surface area contributed by atoms with Gasteiger partial charge >= 0.3 is 0 Å². The molecule has 3 rings (SSSR count). The topological polar surface area (TPSA) is 120 Å². The average molecular weight is 337 g/mol. The van der Waals surface area contributed by atoms with Crippen molar-refractivity contribution < 1.29 is 13.3 Å². The molecule has 0 saturated heterocycles. The summed E-state index contributed by atoms with van der Waals surface area (Å²) < 4.78 is 25.3. The van der Waals surface area contributed by atoms with Gasteiger partial charge in [0.05, 0.1) is 11.5 Å². The van der Waals surface area contributed by atoms with Crippen LogP contribution in [0.25, 0.3) is 0 Å². The molecule has 1 aliphatic heterocycles. The number of rotatable bonds is 4. The van der Waals surface area contributed by atoms with Gasteiger partial charge in [-0.05, 0) is 18.6 Å². The molecule has 23 heavy (non-hydrogen) atoms. The molecule has 1 unspecified atom stereocenters. The molecular formula is C13H15N5O4S. The molecule has 2 aromatic rings. The fourth-order valence-corrected chi connectivity index (χ4v) is 3.51. The Balaban J connectivity index is 1.86. The zero-order valence-electron chi connectivity index (χ0n) is 12.3. The van der Waals surface area contributed by atoms with Gasteiger partial charge in [0.1, 0.15) is 17.0 Å². The van der Waals surface area contributed by atoms with Crippen molar-refractivity contribution in [2.75, 3.05) is 11.6 Å². The van der Waals surface area contributed by atoms with Crippen LogP contribution in [-0.2, 0) is 22.8 Å². The van der Waals surface area contributed by atoms with Crippen LogP contribution in [0.15, 0.2) is 29.4 Å². The van der Waals surface area contributed by atoms with Crippen LogP contribution >= 0.6 is 0 Å². The van der Waals surface area contributed by atoms with Gasteiger partial charge in [0.2, 0.25) is 0 Å². The Bertz CT molecular complexity index is 861. The summed E-state index contributed by atoms with van der Waals surface area (Å²) in [4.78, 5) is 14.1. The molecule has 0 spiro atoms. The molecule has 1 N–H and O–H groups in total. The smallest absolute Gasteiger partial charge is 0.288 e. The number of anilines is 1. The highest BCUT2D eigenvalue weighted by Crippen LogP contribution is 2.28. The summed E-state index contributed by atoms with van der Waals surface area (Å²) in [6.07, 6.45) is 4.06. The maximum atomic E-state index is 11.8.